The number of hydrogen-bond acceptors (Lipinski definition) is 3. The summed E-state index contributed by atoms with van der Waals surface area (Å²) in [5.74, 6) is -1.05. The zero-order valence-corrected chi connectivity index (χ0v) is 9.31. The summed E-state index contributed by atoms with van der Waals surface area (Å²) in [6.07, 6.45) is 0.176. The molecule has 1 rings (SSSR count). The standard InChI is InChI=1S/C12H14N2O3/c13-11(16)8-14-12(17)7-6-10(15)9-4-2-1-3-5-9/h1-5H,6-8H2,(H2,13,16)(H,14,17). The number of rotatable bonds is 6. The maximum Gasteiger partial charge on any atom is 0.236 e. The molecule has 0 spiro atoms. The van der Waals surface area contributed by atoms with Crippen molar-refractivity contribution in [2.45, 2.75) is 12.8 Å². The molecular formula is C12H14N2O3. The molecule has 17 heavy (non-hydrogen) atoms. The predicted octanol–water partition coefficient (Wildman–Crippen LogP) is 0.251. The van der Waals surface area contributed by atoms with Gasteiger partial charge >= 0.3 is 0 Å². The van der Waals surface area contributed by atoms with E-state index >= 15 is 0 Å². The van der Waals surface area contributed by atoms with E-state index in [1.54, 1.807) is 24.3 Å². The van der Waals surface area contributed by atoms with Crippen LogP contribution in [0.2, 0.25) is 0 Å². The van der Waals surface area contributed by atoms with Crippen LogP contribution in [-0.4, -0.2) is 24.1 Å². The zero-order valence-electron chi connectivity index (χ0n) is 9.31. The third kappa shape index (κ3) is 4.92. The molecule has 2 amide bonds. The number of amides is 2. The van der Waals surface area contributed by atoms with Crippen molar-refractivity contribution in [1.29, 1.82) is 0 Å². The minimum Gasteiger partial charge on any atom is -0.368 e. The molecule has 0 saturated carbocycles. The quantitative estimate of drug-likeness (QED) is 0.691. The monoisotopic (exact) mass is 234 g/mol. The van der Waals surface area contributed by atoms with E-state index in [4.69, 9.17) is 5.73 Å². The molecule has 1 aromatic carbocycles. The van der Waals surface area contributed by atoms with Gasteiger partial charge in [0.05, 0.1) is 6.54 Å². The molecule has 3 N–H and O–H groups in total. The normalized spacial score (nSPS) is 9.65. The van der Waals surface area contributed by atoms with E-state index in [1.807, 2.05) is 6.07 Å². The average Bonchev–Trinajstić information content (AvgIpc) is 2.34. The van der Waals surface area contributed by atoms with Crippen molar-refractivity contribution in [3.8, 4) is 0 Å². The Kier molecular flexibility index (Phi) is 4.87. The number of nitrogens with one attached hydrogen (secondary N) is 1. The number of carbonyl (C=O) groups is 3. The molecule has 0 fully saturated rings. The summed E-state index contributed by atoms with van der Waals surface area (Å²) in [7, 11) is 0. The first-order chi connectivity index (χ1) is 8.09. The van der Waals surface area contributed by atoms with Gasteiger partial charge in [-0.2, -0.15) is 0 Å². The van der Waals surface area contributed by atoms with Gasteiger partial charge in [-0.25, -0.2) is 0 Å². The van der Waals surface area contributed by atoms with E-state index < -0.39 is 5.91 Å². The minimum atomic E-state index is -0.604. The fourth-order valence-electron chi connectivity index (χ4n) is 1.27. The van der Waals surface area contributed by atoms with Crippen LogP contribution in [0.1, 0.15) is 23.2 Å². The third-order valence-corrected chi connectivity index (χ3v) is 2.13. The van der Waals surface area contributed by atoms with Gasteiger partial charge in [-0.1, -0.05) is 30.3 Å². The second kappa shape index (κ2) is 6.42. The van der Waals surface area contributed by atoms with Gasteiger partial charge in [0.1, 0.15) is 0 Å². The molecule has 0 radical (unpaired) electrons. The van der Waals surface area contributed by atoms with Gasteiger partial charge < -0.3 is 11.1 Å². The SMILES string of the molecule is NC(=O)CNC(=O)CCC(=O)c1ccccc1. The highest BCUT2D eigenvalue weighted by molar-refractivity contribution is 5.98. The average molecular weight is 234 g/mol. The smallest absolute Gasteiger partial charge is 0.236 e. The Morgan fingerprint density at radius 2 is 1.71 bits per heavy atom. The summed E-state index contributed by atoms with van der Waals surface area (Å²) in [6, 6.07) is 8.74. The molecule has 0 heterocycles. The first kappa shape index (κ1) is 12.9. The third-order valence-electron chi connectivity index (χ3n) is 2.13. The number of ketones is 1. The lowest BCUT2D eigenvalue weighted by Crippen LogP contribution is -2.33. The Morgan fingerprint density at radius 3 is 2.29 bits per heavy atom. The summed E-state index contributed by atoms with van der Waals surface area (Å²) < 4.78 is 0. The highest BCUT2D eigenvalue weighted by Gasteiger charge is 2.08. The molecule has 0 atom stereocenters. The molecular weight excluding hydrogens is 220 g/mol. The predicted molar refractivity (Wildman–Crippen MR) is 62.2 cm³/mol. The van der Waals surface area contributed by atoms with Crippen molar-refractivity contribution in [2.24, 2.45) is 5.73 Å². The van der Waals surface area contributed by atoms with Crippen molar-refractivity contribution in [2.75, 3.05) is 6.54 Å². The van der Waals surface area contributed by atoms with Gasteiger partial charge in [-0.05, 0) is 0 Å². The molecule has 0 aliphatic heterocycles. The number of Topliss-reactive ketones (excluding diaryl/α,β-unsaturated/α-hetero) is 1. The Morgan fingerprint density at radius 1 is 1.06 bits per heavy atom. The molecule has 5 heteroatoms. The largest absolute Gasteiger partial charge is 0.368 e. The van der Waals surface area contributed by atoms with E-state index in [9.17, 15) is 14.4 Å². The van der Waals surface area contributed by atoms with Gasteiger partial charge in [0.25, 0.3) is 0 Å². The van der Waals surface area contributed by atoms with E-state index in [0.717, 1.165) is 0 Å². The van der Waals surface area contributed by atoms with Crippen LogP contribution in [0.4, 0.5) is 0 Å². The maximum atomic E-state index is 11.6. The second-order valence-electron chi connectivity index (χ2n) is 3.53. The molecule has 5 nitrogen and oxygen atoms in total. The Labute approximate surface area is 99.0 Å². The van der Waals surface area contributed by atoms with Crippen molar-refractivity contribution in [3.05, 3.63) is 35.9 Å². The first-order valence-corrected chi connectivity index (χ1v) is 5.23. The van der Waals surface area contributed by atoms with Gasteiger partial charge in [-0.3, -0.25) is 14.4 Å². The summed E-state index contributed by atoms with van der Waals surface area (Å²) in [4.78, 5) is 33.2. The minimum absolute atomic E-state index is 0.0566. The lowest BCUT2D eigenvalue weighted by molar-refractivity contribution is -0.124. The second-order valence-corrected chi connectivity index (χ2v) is 3.53. The van der Waals surface area contributed by atoms with Crippen molar-refractivity contribution in [1.82, 2.24) is 5.32 Å². The van der Waals surface area contributed by atoms with Crippen molar-refractivity contribution < 1.29 is 14.4 Å². The van der Waals surface area contributed by atoms with E-state index in [2.05, 4.69) is 5.32 Å². The molecule has 0 saturated heterocycles. The highest BCUT2D eigenvalue weighted by Crippen LogP contribution is 2.04. The molecule has 90 valence electrons. The maximum absolute atomic E-state index is 11.6. The van der Waals surface area contributed by atoms with Crippen LogP contribution in [-0.2, 0) is 9.59 Å². The molecule has 0 aromatic heterocycles. The van der Waals surface area contributed by atoms with Crippen molar-refractivity contribution in [3.63, 3.8) is 0 Å². The summed E-state index contributed by atoms with van der Waals surface area (Å²) in [6.45, 7) is -0.196. The summed E-state index contributed by atoms with van der Waals surface area (Å²) in [5.41, 5.74) is 5.45. The first-order valence-electron chi connectivity index (χ1n) is 5.23. The van der Waals surface area contributed by atoms with Crippen LogP contribution in [0, 0.1) is 0 Å². The summed E-state index contributed by atoms with van der Waals surface area (Å²) in [5, 5.41) is 2.32. The van der Waals surface area contributed by atoms with Crippen LogP contribution in [0.3, 0.4) is 0 Å². The Hall–Kier alpha value is -2.17. The van der Waals surface area contributed by atoms with Gasteiger partial charge in [0, 0.05) is 18.4 Å². The van der Waals surface area contributed by atoms with Gasteiger partial charge in [-0.15, -0.1) is 0 Å². The van der Waals surface area contributed by atoms with Crippen LogP contribution in [0.15, 0.2) is 30.3 Å². The van der Waals surface area contributed by atoms with Crippen LogP contribution >= 0.6 is 0 Å². The highest BCUT2D eigenvalue weighted by atomic mass is 16.2. The number of nitrogens with two attached hydrogens (primary N) is 1. The molecule has 0 unspecified atom stereocenters. The van der Waals surface area contributed by atoms with E-state index in [0.29, 0.717) is 5.56 Å². The lowest BCUT2D eigenvalue weighted by Gasteiger charge is -2.02. The van der Waals surface area contributed by atoms with Gasteiger partial charge in [0.2, 0.25) is 11.8 Å². The van der Waals surface area contributed by atoms with Crippen LogP contribution < -0.4 is 11.1 Å². The number of hydrogen-bond donors (Lipinski definition) is 2. The topological polar surface area (TPSA) is 89.3 Å². The Bertz CT molecular complexity index is 415. The van der Waals surface area contributed by atoms with Crippen LogP contribution in [0.25, 0.3) is 0 Å². The fraction of sp³-hybridized carbons (Fsp3) is 0.250. The molecule has 0 aliphatic rings. The van der Waals surface area contributed by atoms with E-state index in [-0.39, 0.29) is 31.1 Å². The number of primary amides is 1. The molecule has 1 aromatic rings. The number of benzene rings is 1. The fourth-order valence-corrected chi connectivity index (χ4v) is 1.27. The Balaban J connectivity index is 2.34. The molecule has 0 aliphatic carbocycles. The lowest BCUT2D eigenvalue weighted by atomic mass is 10.1. The summed E-state index contributed by atoms with van der Waals surface area (Å²) >= 11 is 0. The van der Waals surface area contributed by atoms with Gasteiger partial charge in [0.15, 0.2) is 5.78 Å². The van der Waals surface area contributed by atoms with Crippen LogP contribution in [0.5, 0.6) is 0 Å². The van der Waals surface area contributed by atoms with E-state index in [1.165, 1.54) is 0 Å². The zero-order chi connectivity index (χ0) is 12.7. The number of carbonyl (C=O) groups excluding carboxylic acids is 3. The van der Waals surface area contributed by atoms with Crippen molar-refractivity contribution >= 4 is 17.6 Å². The molecule has 0 bridgehead atoms.